The number of rotatable bonds is 8. The lowest BCUT2D eigenvalue weighted by Gasteiger charge is -2.15. The van der Waals surface area contributed by atoms with E-state index in [1.807, 2.05) is 0 Å². The lowest BCUT2D eigenvalue weighted by Crippen LogP contribution is -2.39. The third-order valence-electron chi connectivity index (χ3n) is 4.70. The summed E-state index contributed by atoms with van der Waals surface area (Å²) >= 11 is 1.75. The normalized spacial score (nSPS) is 15.8. The predicted octanol–water partition coefficient (Wildman–Crippen LogP) is 3.53. The van der Waals surface area contributed by atoms with E-state index in [4.69, 9.17) is 4.99 Å². The summed E-state index contributed by atoms with van der Waals surface area (Å²) in [4.78, 5) is 9.48. The van der Waals surface area contributed by atoms with E-state index in [-0.39, 0.29) is 5.41 Å². The van der Waals surface area contributed by atoms with Crippen molar-refractivity contribution in [2.45, 2.75) is 44.9 Å². The maximum absolute atomic E-state index is 4.85. The summed E-state index contributed by atoms with van der Waals surface area (Å²) in [6, 6.07) is 10.8. The summed E-state index contributed by atoms with van der Waals surface area (Å²) in [7, 11) is 0. The number of hydrogen-bond acceptors (Lipinski definition) is 3. The van der Waals surface area contributed by atoms with Gasteiger partial charge in [0.15, 0.2) is 5.96 Å². The van der Waals surface area contributed by atoms with Crippen LogP contribution in [0.4, 0.5) is 0 Å². The van der Waals surface area contributed by atoms with Crippen molar-refractivity contribution in [3.8, 4) is 0 Å². The quantitative estimate of drug-likeness (QED) is 0.562. The Bertz CT molecular complexity index is 689. The molecule has 0 saturated heterocycles. The monoisotopic (exact) mass is 356 g/mol. The van der Waals surface area contributed by atoms with Crippen LogP contribution in [0.15, 0.2) is 40.7 Å². The van der Waals surface area contributed by atoms with Crippen molar-refractivity contribution in [1.82, 2.24) is 15.6 Å². The molecule has 0 radical (unpaired) electrons. The van der Waals surface area contributed by atoms with Gasteiger partial charge in [-0.1, -0.05) is 37.3 Å². The van der Waals surface area contributed by atoms with E-state index in [1.165, 1.54) is 29.1 Å². The van der Waals surface area contributed by atoms with Crippen molar-refractivity contribution in [2.24, 2.45) is 4.99 Å². The number of aromatic nitrogens is 1. The molecule has 1 aliphatic rings. The first-order chi connectivity index (χ1) is 12.3. The molecule has 25 heavy (non-hydrogen) atoms. The minimum Gasteiger partial charge on any atom is -0.357 e. The maximum Gasteiger partial charge on any atom is 0.191 e. The number of thiazole rings is 1. The smallest absolute Gasteiger partial charge is 0.191 e. The fourth-order valence-electron chi connectivity index (χ4n) is 2.99. The second-order valence-corrected chi connectivity index (χ2v) is 7.55. The van der Waals surface area contributed by atoms with E-state index < -0.39 is 0 Å². The molecule has 0 atom stereocenters. The molecule has 1 saturated carbocycles. The molecule has 1 heterocycles. The molecular weight excluding hydrogens is 328 g/mol. The number of aryl methyl sites for hydroxylation is 1. The Morgan fingerprint density at radius 3 is 2.64 bits per heavy atom. The molecule has 1 aromatic carbocycles. The Hall–Kier alpha value is -1.88. The van der Waals surface area contributed by atoms with Crippen LogP contribution in [0.2, 0.25) is 0 Å². The predicted molar refractivity (Wildman–Crippen MR) is 107 cm³/mol. The van der Waals surface area contributed by atoms with Gasteiger partial charge in [-0.05, 0) is 31.7 Å². The Kier molecular flexibility index (Phi) is 6.08. The highest BCUT2D eigenvalue weighted by atomic mass is 32.1. The molecule has 0 bridgehead atoms. The summed E-state index contributed by atoms with van der Waals surface area (Å²) in [6.45, 7) is 6.84. The van der Waals surface area contributed by atoms with Gasteiger partial charge < -0.3 is 10.6 Å². The molecular formula is C20H28N4S. The third-order valence-corrected chi connectivity index (χ3v) is 5.74. The van der Waals surface area contributed by atoms with Crippen LogP contribution in [0, 0.1) is 0 Å². The Labute approximate surface area is 154 Å². The fourth-order valence-corrected chi connectivity index (χ4v) is 3.77. The van der Waals surface area contributed by atoms with Crippen molar-refractivity contribution >= 4 is 17.3 Å². The summed E-state index contributed by atoms with van der Waals surface area (Å²) < 4.78 is 0. The number of nitrogens with one attached hydrogen (secondary N) is 2. The van der Waals surface area contributed by atoms with Crippen molar-refractivity contribution in [2.75, 3.05) is 19.6 Å². The zero-order valence-electron chi connectivity index (χ0n) is 15.2. The van der Waals surface area contributed by atoms with Crippen LogP contribution in [-0.4, -0.2) is 30.6 Å². The van der Waals surface area contributed by atoms with E-state index in [2.05, 4.69) is 65.2 Å². The van der Waals surface area contributed by atoms with Gasteiger partial charge in [-0.25, -0.2) is 4.98 Å². The molecule has 134 valence electrons. The third kappa shape index (κ3) is 4.82. The molecule has 0 amide bonds. The van der Waals surface area contributed by atoms with Crippen molar-refractivity contribution in [3.05, 3.63) is 52.0 Å². The first-order valence-electron chi connectivity index (χ1n) is 9.27. The average molecular weight is 357 g/mol. The van der Waals surface area contributed by atoms with Crippen molar-refractivity contribution in [1.29, 1.82) is 0 Å². The van der Waals surface area contributed by atoms with Crippen LogP contribution < -0.4 is 10.6 Å². The van der Waals surface area contributed by atoms with Gasteiger partial charge in [0.1, 0.15) is 0 Å². The molecule has 2 N–H and O–H groups in total. The van der Waals surface area contributed by atoms with Crippen LogP contribution in [-0.2, 0) is 18.3 Å². The standard InChI is InChI=1S/C20H28N4S/c1-3-18-24-17(14-25-18)10-13-22-19(21-4-2)23-15-20(11-12-20)16-8-6-5-7-9-16/h5-9,14H,3-4,10-13,15H2,1-2H3,(H2,21,22,23). The van der Waals surface area contributed by atoms with Gasteiger partial charge in [0.25, 0.3) is 0 Å². The van der Waals surface area contributed by atoms with Crippen molar-refractivity contribution in [3.63, 3.8) is 0 Å². The summed E-state index contributed by atoms with van der Waals surface area (Å²) in [5.41, 5.74) is 2.85. The van der Waals surface area contributed by atoms with Gasteiger partial charge in [-0.15, -0.1) is 11.3 Å². The van der Waals surface area contributed by atoms with Gasteiger partial charge in [0, 0.05) is 30.3 Å². The number of benzene rings is 1. The molecule has 1 aliphatic carbocycles. The van der Waals surface area contributed by atoms with Crippen LogP contribution in [0.1, 0.15) is 43.0 Å². The van der Waals surface area contributed by atoms with Crippen molar-refractivity contribution < 1.29 is 0 Å². The number of hydrogen-bond donors (Lipinski definition) is 2. The van der Waals surface area contributed by atoms with Crippen LogP contribution in [0.3, 0.4) is 0 Å². The first kappa shape index (κ1) is 17.9. The van der Waals surface area contributed by atoms with E-state index >= 15 is 0 Å². The van der Waals surface area contributed by atoms with Crippen LogP contribution in [0.25, 0.3) is 0 Å². The molecule has 2 aromatic rings. The lowest BCUT2D eigenvalue weighted by atomic mass is 9.96. The highest BCUT2D eigenvalue weighted by Gasteiger charge is 2.43. The zero-order valence-corrected chi connectivity index (χ0v) is 16.0. The highest BCUT2D eigenvalue weighted by Crippen LogP contribution is 2.48. The molecule has 0 unspecified atom stereocenters. The molecule has 0 spiro atoms. The van der Waals surface area contributed by atoms with Gasteiger partial charge in [-0.2, -0.15) is 0 Å². The number of nitrogens with zero attached hydrogens (tertiary/aromatic N) is 2. The summed E-state index contributed by atoms with van der Waals surface area (Å²) in [5.74, 6) is 0.913. The van der Waals surface area contributed by atoms with E-state index in [0.717, 1.165) is 38.4 Å². The van der Waals surface area contributed by atoms with Gasteiger partial charge in [-0.3, -0.25) is 4.99 Å². The number of aliphatic imine (C=N–C) groups is 1. The minimum absolute atomic E-state index is 0.258. The lowest BCUT2D eigenvalue weighted by molar-refractivity contribution is 0.691. The largest absolute Gasteiger partial charge is 0.357 e. The molecule has 1 fully saturated rings. The van der Waals surface area contributed by atoms with Gasteiger partial charge in [0.05, 0.1) is 17.2 Å². The molecule has 0 aliphatic heterocycles. The van der Waals surface area contributed by atoms with Gasteiger partial charge in [0.2, 0.25) is 0 Å². The fraction of sp³-hybridized carbons (Fsp3) is 0.500. The zero-order chi connectivity index (χ0) is 17.5. The molecule has 4 nitrogen and oxygen atoms in total. The SMILES string of the molecule is CCNC(=NCC1(c2ccccc2)CC1)NCCc1csc(CC)n1. The second-order valence-electron chi connectivity index (χ2n) is 6.60. The first-order valence-corrected chi connectivity index (χ1v) is 10.1. The van der Waals surface area contributed by atoms with Crippen LogP contribution >= 0.6 is 11.3 Å². The maximum atomic E-state index is 4.85. The van der Waals surface area contributed by atoms with Crippen LogP contribution in [0.5, 0.6) is 0 Å². The molecule has 5 heteroatoms. The minimum atomic E-state index is 0.258. The van der Waals surface area contributed by atoms with E-state index in [1.54, 1.807) is 11.3 Å². The average Bonchev–Trinajstić information content (AvgIpc) is 3.31. The topological polar surface area (TPSA) is 49.3 Å². The number of guanidine groups is 1. The Morgan fingerprint density at radius 2 is 2.00 bits per heavy atom. The molecule has 3 rings (SSSR count). The Morgan fingerprint density at radius 1 is 1.20 bits per heavy atom. The van der Waals surface area contributed by atoms with E-state index in [0.29, 0.717) is 0 Å². The Balaban J connectivity index is 1.54. The second kappa shape index (κ2) is 8.48. The molecule has 1 aromatic heterocycles. The summed E-state index contributed by atoms with van der Waals surface area (Å²) in [6.07, 6.45) is 4.42. The van der Waals surface area contributed by atoms with E-state index in [9.17, 15) is 0 Å². The highest BCUT2D eigenvalue weighted by molar-refractivity contribution is 7.09. The van der Waals surface area contributed by atoms with Gasteiger partial charge >= 0.3 is 0 Å². The summed E-state index contributed by atoms with van der Waals surface area (Å²) in [5, 5.41) is 10.2.